The minimum Gasteiger partial charge on any atom is -0.473 e. The highest BCUT2D eigenvalue weighted by molar-refractivity contribution is 5.85. The third-order valence-corrected chi connectivity index (χ3v) is 6.81. The molecule has 1 fully saturated rings. The quantitative estimate of drug-likeness (QED) is 0.346. The van der Waals surface area contributed by atoms with Crippen LogP contribution in [0.2, 0.25) is 0 Å². The van der Waals surface area contributed by atoms with Gasteiger partial charge in [-0.25, -0.2) is 15.0 Å². The second-order valence-corrected chi connectivity index (χ2v) is 9.54. The van der Waals surface area contributed by atoms with Crippen LogP contribution in [0, 0.1) is 0 Å². The molecule has 1 atom stereocenters. The van der Waals surface area contributed by atoms with E-state index in [4.69, 9.17) is 19.4 Å². The summed E-state index contributed by atoms with van der Waals surface area (Å²) in [7, 11) is 0. The van der Waals surface area contributed by atoms with Gasteiger partial charge in [-0.1, -0.05) is 30.3 Å². The minimum absolute atomic E-state index is 0. The average Bonchev–Trinajstić information content (AvgIpc) is 2.97. The van der Waals surface area contributed by atoms with Gasteiger partial charge >= 0.3 is 0 Å². The van der Waals surface area contributed by atoms with Crippen LogP contribution in [-0.2, 0) is 24.3 Å². The fraction of sp³-hybridized carbons (Fsp3) is 0.310. The number of hydrogen-bond acceptors (Lipinski definition) is 9. The number of rotatable bonds is 7. The minimum atomic E-state index is 0. The first-order valence-electron chi connectivity index (χ1n) is 13.0. The van der Waals surface area contributed by atoms with Gasteiger partial charge in [0.05, 0.1) is 24.9 Å². The third-order valence-electron chi connectivity index (χ3n) is 6.81. The van der Waals surface area contributed by atoms with Crippen LogP contribution in [0.5, 0.6) is 5.88 Å². The third kappa shape index (κ3) is 6.27. The number of fused-ring (bicyclic) bond motifs is 1. The molecule has 0 saturated carbocycles. The van der Waals surface area contributed by atoms with Gasteiger partial charge < -0.3 is 25.0 Å². The lowest BCUT2D eigenvalue weighted by Crippen LogP contribution is -2.45. The Balaban J connectivity index is 0.00000308. The molecule has 6 rings (SSSR count). The van der Waals surface area contributed by atoms with Crippen molar-refractivity contribution in [1.82, 2.24) is 25.3 Å². The Morgan fingerprint density at radius 2 is 1.90 bits per heavy atom. The second-order valence-electron chi connectivity index (χ2n) is 9.54. The van der Waals surface area contributed by atoms with Crippen molar-refractivity contribution in [3.05, 3.63) is 83.7 Å². The molecule has 2 aliphatic heterocycles. The molecule has 0 amide bonds. The number of nitrogens with zero attached hydrogens (tertiary/aromatic N) is 5. The van der Waals surface area contributed by atoms with Crippen molar-refractivity contribution >= 4 is 29.9 Å². The van der Waals surface area contributed by atoms with Crippen molar-refractivity contribution in [2.24, 2.45) is 0 Å². The van der Waals surface area contributed by atoms with Gasteiger partial charge in [0.2, 0.25) is 11.8 Å². The zero-order chi connectivity index (χ0) is 25.7. The van der Waals surface area contributed by atoms with Crippen molar-refractivity contribution in [3.63, 3.8) is 0 Å². The molecule has 0 bridgehead atoms. The van der Waals surface area contributed by atoms with Crippen LogP contribution in [0.15, 0.2) is 66.9 Å². The highest BCUT2D eigenvalue weighted by Crippen LogP contribution is 2.30. The molecule has 202 valence electrons. The lowest BCUT2D eigenvalue weighted by atomic mass is 10.0. The fourth-order valence-electron chi connectivity index (χ4n) is 4.79. The van der Waals surface area contributed by atoms with Gasteiger partial charge in [-0.2, -0.15) is 4.98 Å². The van der Waals surface area contributed by atoms with E-state index in [1.54, 1.807) is 12.3 Å². The molecule has 2 aliphatic rings. The van der Waals surface area contributed by atoms with E-state index in [9.17, 15) is 0 Å². The zero-order valence-corrected chi connectivity index (χ0v) is 22.7. The lowest BCUT2D eigenvalue weighted by molar-refractivity contribution is 0.0984. The predicted octanol–water partition coefficient (Wildman–Crippen LogP) is 4.55. The molecule has 2 aromatic carbocycles. The zero-order valence-electron chi connectivity index (χ0n) is 21.8. The summed E-state index contributed by atoms with van der Waals surface area (Å²) in [6, 6.07) is 20.1. The molecule has 2 aromatic heterocycles. The molecule has 0 aliphatic carbocycles. The largest absolute Gasteiger partial charge is 0.473 e. The van der Waals surface area contributed by atoms with Crippen LogP contribution in [0.25, 0.3) is 11.4 Å². The van der Waals surface area contributed by atoms with E-state index < -0.39 is 0 Å². The number of ether oxygens (including phenoxy) is 2. The number of benzene rings is 2. The van der Waals surface area contributed by atoms with Crippen LogP contribution in [-0.4, -0.2) is 52.3 Å². The summed E-state index contributed by atoms with van der Waals surface area (Å²) in [6.07, 6.45) is 2.62. The Bertz CT molecular complexity index is 1390. The number of morpholine rings is 1. The summed E-state index contributed by atoms with van der Waals surface area (Å²) in [4.78, 5) is 21.2. The molecule has 0 unspecified atom stereocenters. The number of hydrogen-bond donors (Lipinski definition) is 2. The van der Waals surface area contributed by atoms with Crippen molar-refractivity contribution in [1.29, 1.82) is 0 Å². The Kier molecular flexibility index (Phi) is 8.51. The number of aromatic nitrogens is 4. The van der Waals surface area contributed by atoms with Crippen LogP contribution < -0.4 is 20.3 Å². The van der Waals surface area contributed by atoms with Gasteiger partial charge in [0.1, 0.15) is 12.4 Å². The van der Waals surface area contributed by atoms with E-state index in [1.807, 2.05) is 54.6 Å². The molecule has 4 heterocycles. The van der Waals surface area contributed by atoms with Crippen LogP contribution in [0.3, 0.4) is 0 Å². The van der Waals surface area contributed by atoms with E-state index in [-0.39, 0.29) is 18.4 Å². The number of nitrogens with one attached hydrogen (secondary N) is 2. The summed E-state index contributed by atoms with van der Waals surface area (Å²) in [5.74, 6) is 2.78. The molecule has 0 spiro atoms. The number of halogens is 1. The van der Waals surface area contributed by atoms with Crippen LogP contribution in [0.4, 0.5) is 17.5 Å². The van der Waals surface area contributed by atoms with Gasteiger partial charge in [0, 0.05) is 42.2 Å². The molecule has 0 radical (unpaired) electrons. The predicted molar refractivity (Wildman–Crippen MR) is 154 cm³/mol. The highest BCUT2D eigenvalue weighted by Gasteiger charge is 2.27. The number of anilines is 3. The monoisotopic (exact) mass is 545 g/mol. The Hall–Kier alpha value is -3.79. The molecular formula is C29H32ClN7O2. The van der Waals surface area contributed by atoms with E-state index in [0.29, 0.717) is 25.0 Å². The van der Waals surface area contributed by atoms with E-state index in [0.717, 1.165) is 66.8 Å². The molecule has 1 saturated heterocycles. The van der Waals surface area contributed by atoms with Crippen LogP contribution >= 0.6 is 12.4 Å². The standard InChI is InChI=1S/C29H31N7O2.ClH/c1-20-18-37-16-15-36(20)28-24-11-13-30-17-25(24)33-27(35-28)22-7-9-23(10-8-22)32-29-31-14-12-26(34-29)38-19-21-5-3-2-4-6-21;/h2-10,12,14,20,30H,11,13,15-19H2,1H3,(H,31,32,34);1H/t20-;/m0./s1. The van der Waals surface area contributed by atoms with Gasteiger partial charge in [-0.15, -0.1) is 12.4 Å². The summed E-state index contributed by atoms with van der Waals surface area (Å²) < 4.78 is 11.5. The summed E-state index contributed by atoms with van der Waals surface area (Å²) >= 11 is 0. The van der Waals surface area contributed by atoms with Crippen molar-refractivity contribution in [2.75, 3.05) is 36.5 Å². The summed E-state index contributed by atoms with van der Waals surface area (Å²) in [5.41, 5.74) is 5.26. The second kappa shape index (κ2) is 12.4. The first-order chi connectivity index (χ1) is 18.7. The smallest absolute Gasteiger partial charge is 0.230 e. The first kappa shape index (κ1) is 26.8. The Morgan fingerprint density at radius 1 is 1.05 bits per heavy atom. The van der Waals surface area contributed by atoms with Crippen molar-refractivity contribution in [2.45, 2.75) is 32.5 Å². The average molecular weight is 546 g/mol. The van der Waals surface area contributed by atoms with Crippen LogP contribution in [0.1, 0.15) is 23.7 Å². The molecule has 10 heteroatoms. The fourth-order valence-corrected chi connectivity index (χ4v) is 4.79. The van der Waals surface area contributed by atoms with Gasteiger partial charge in [0.15, 0.2) is 5.82 Å². The van der Waals surface area contributed by atoms with Gasteiger partial charge in [-0.3, -0.25) is 0 Å². The molecule has 9 nitrogen and oxygen atoms in total. The Labute approximate surface area is 234 Å². The maximum atomic E-state index is 5.84. The highest BCUT2D eigenvalue weighted by atomic mass is 35.5. The van der Waals surface area contributed by atoms with E-state index in [1.165, 1.54) is 5.56 Å². The molecule has 2 N–H and O–H groups in total. The summed E-state index contributed by atoms with van der Waals surface area (Å²) in [5, 5.41) is 6.72. The molecule has 4 aromatic rings. The van der Waals surface area contributed by atoms with Crippen molar-refractivity contribution < 1.29 is 9.47 Å². The first-order valence-corrected chi connectivity index (χ1v) is 13.0. The van der Waals surface area contributed by atoms with Gasteiger partial charge in [-0.05, 0) is 49.7 Å². The molecule has 39 heavy (non-hydrogen) atoms. The normalized spacial score (nSPS) is 16.6. The Morgan fingerprint density at radius 3 is 2.72 bits per heavy atom. The topological polar surface area (TPSA) is 97.3 Å². The maximum Gasteiger partial charge on any atom is 0.230 e. The van der Waals surface area contributed by atoms with Gasteiger partial charge in [0.25, 0.3) is 0 Å². The molecular weight excluding hydrogens is 514 g/mol. The lowest BCUT2D eigenvalue weighted by Gasteiger charge is -2.36. The SMILES string of the molecule is C[C@H]1COCCN1c1nc(-c2ccc(Nc3nccc(OCc4ccccc4)n3)cc2)nc2c1CCNC2.Cl. The van der Waals surface area contributed by atoms with E-state index in [2.05, 4.69) is 32.4 Å². The van der Waals surface area contributed by atoms with Crippen molar-refractivity contribution in [3.8, 4) is 17.3 Å². The van der Waals surface area contributed by atoms with E-state index >= 15 is 0 Å². The maximum absolute atomic E-state index is 5.84. The summed E-state index contributed by atoms with van der Waals surface area (Å²) in [6.45, 7) is 6.63.